The molecular formula is C17H17FN2O2S. The van der Waals surface area contributed by atoms with E-state index in [1.54, 1.807) is 35.7 Å². The summed E-state index contributed by atoms with van der Waals surface area (Å²) in [6, 6.07) is 10.4. The molecule has 2 heterocycles. The van der Waals surface area contributed by atoms with Crippen LogP contribution in [0.3, 0.4) is 0 Å². The Morgan fingerprint density at radius 2 is 2.13 bits per heavy atom. The lowest BCUT2D eigenvalue weighted by molar-refractivity contribution is 0.0197. The van der Waals surface area contributed by atoms with Crippen LogP contribution in [-0.2, 0) is 17.9 Å². The van der Waals surface area contributed by atoms with Crippen LogP contribution >= 0.6 is 11.3 Å². The predicted octanol–water partition coefficient (Wildman–Crippen LogP) is 3.33. The third-order valence-electron chi connectivity index (χ3n) is 3.39. The van der Waals surface area contributed by atoms with E-state index in [1.165, 1.54) is 6.07 Å². The van der Waals surface area contributed by atoms with Gasteiger partial charge in [0.15, 0.2) is 0 Å². The molecule has 1 aromatic carbocycles. The molecule has 0 fully saturated rings. The molecule has 3 aromatic rings. The maximum Gasteiger partial charge on any atom is 0.150 e. The van der Waals surface area contributed by atoms with Crippen LogP contribution in [0.25, 0.3) is 10.7 Å². The van der Waals surface area contributed by atoms with E-state index < -0.39 is 6.10 Å². The minimum absolute atomic E-state index is 0.135. The number of aliphatic hydroxyl groups excluding tert-OH is 1. The molecule has 1 N–H and O–H groups in total. The zero-order valence-corrected chi connectivity index (χ0v) is 13.2. The van der Waals surface area contributed by atoms with Crippen molar-refractivity contribution in [3.63, 3.8) is 0 Å². The fraction of sp³-hybridized carbons (Fsp3) is 0.235. The van der Waals surface area contributed by atoms with E-state index in [1.807, 2.05) is 28.3 Å². The van der Waals surface area contributed by atoms with Crippen molar-refractivity contribution in [2.75, 3.05) is 6.61 Å². The molecule has 0 saturated heterocycles. The van der Waals surface area contributed by atoms with Crippen LogP contribution in [0.2, 0.25) is 0 Å². The Hall–Kier alpha value is -2.02. The van der Waals surface area contributed by atoms with Gasteiger partial charge in [-0.05, 0) is 17.5 Å². The number of ether oxygens (including phenoxy) is 1. The van der Waals surface area contributed by atoms with Gasteiger partial charge in [0.1, 0.15) is 11.6 Å². The highest BCUT2D eigenvalue weighted by atomic mass is 32.1. The van der Waals surface area contributed by atoms with Crippen molar-refractivity contribution in [3.05, 3.63) is 65.6 Å². The SMILES string of the molecule is O[C@@H](COCc1ccccc1F)Cn1ccnc1-c1cccs1. The van der Waals surface area contributed by atoms with Gasteiger partial charge in [-0.3, -0.25) is 0 Å². The number of aliphatic hydroxyl groups is 1. The predicted molar refractivity (Wildman–Crippen MR) is 87.6 cm³/mol. The summed E-state index contributed by atoms with van der Waals surface area (Å²) in [5.74, 6) is 0.532. The van der Waals surface area contributed by atoms with Crippen LogP contribution in [0.4, 0.5) is 4.39 Å². The Morgan fingerprint density at radius 1 is 1.26 bits per heavy atom. The smallest absolute Gasteiger partial charge is 0.150 e. The first-order valence-electron chi connectivity index (χ1n) is 7.28. The number of hydrogen-bond donors (Lipinski definition) is 1. The highest BCUT2D eigenvalue weighted by Gasteiger charge is 2.12. The molecule has 0 spiro atoms. The summed E-state index contributed by atoms with van der Waals surface area (Å²) >= 11 is 1.60. The van der Waals surface area contributed by atoms with Crippen LogP contribution in [-0.4, -0.2) is 27.4 Å². The first kappa shape index (κ1) is 15.9. The third-order valence-corrected chi connectivity index (χ3v) is 4.26. The summed E-state index contributed by atoms with van der Waals surface area (Å²) in [6.45, 7) is 0.659. The van der Waals surface area contributed by atoms with E-state index in [-0.39, 0.29) is 19.0 Å². The number of hydrogen-bond acceptors (Lipinski definition) is 4. The summed E-state index contributed by atoms with van der Waals surface area (Å²) in [4.78, 5) is 5.37. The minimum Gasteiger partial charge on any atom is -0.389 e. The number of halogens is 1. The van der Waals surface area contributed by atoms with Crippen LogP contribution in [0.15, 0.2) is 54.2 Å². The number of benzene rings is 1. The van der Waals surface area contributed by atoms with Gasteiger partial charge in [0.2, 0.25) is 0 Å². The number of imidazole rings is 1. The van der Waals surface area contributed by atoms with Gasteiger partial charge in [0, 0.05) is 18.0 Å². The standard InChI is InChI=1S/C17H17FN2O2S/c18-15-5-2-1-4-13(15)11-22-12-14(21)10-20-8-7-19-17(20)16-6-3-9-23-16/h1-9,14,21H,10-12H2/t14-/m1/s1. The second-order valence-electron chi connectivity index (χ2n) is 5.14. The highest BCUT2D eigenvalue weighted by Crippen LogP contribution is 2.23. The summed E-state index contributed by atoms with van der Waals surface area (Å²) in [7, 11) is 0. The molecule has 6 heteroatoms. The van der Waals surface area contributed by atoms with Gasteiger partial charge in [-0.1, -0.05) is 24.3 Å². The van der Waals surface area contributed by atoms with Gasteiger partial charge in [-0.15, -0.1) is 11.3 Å². The Bertz CT molecular complexity index is 743. The lowest BCUT2D eigenvalue weighted by Gasteiger charge is -2.14. The van der Waals surface area contributed by atoms with Crippen LogP contribution in [0.5, 0.6) is 0 Å². The minimum atomic E-state index is -0.685. The average molecular weight is 332 g/mol. The fourth-order valence-corrected chi connectivity index (χ4v) is 3.02. The molecule has 0 aliphatic heterocycles. The van der Waals surface area contributed by atoms with Crippen molar-refractivity contribution in [3.8, 4) is 10.7 Å². The molecule has 0 aliphatic carbocycles. The Labute approximate surface area is 137 Å². The van der Waals surface area contributed by atoms with Gasteiger partial charge in [0.05, 0.1) is 30.7 Å². The van der Waals surface area contributed by atoms with Gasteiger partial charge in [0.25, 0.3) is 0 Å². The summed E-state index contributed by atoms with van der Waals surface area (Å²) in [5.41, 5.74) is 0.488. The molecule has 0 radical (unpaired) electrons. The quantitative estimate of drug-likeness (QED) is 0.722. The monoisotopic (exact) mass is 332 g/mol. The van der Waals surface area contributed by atoms with Gasteiger partial charge < -0.3 is 14.4 Å². The Balaban J connectivity index is 1.53. The summed E-state index contributed by atoms with van der Waals surface area (Å²) in [6.07, 6.45) is 2.85. The molecule has 1 atom stereocenters. The molecule has 0 saturated carbocycles. The normalized spacial score (nSPS) is 12.4. The van der Waals surface area contributed by atoms with Crippen molar-refractivity contribution in [2.45, 2.75) is 19.3 Å². The largest absolute Gasteiger partial charge is 0.389 e. The van der Waals surface area contributed by atoms with Gasteiger partial charge >= 0.3 is 0 Å². The van der Waals surface area contributed by atoms with Crippen molar-refractivity contribution >= 4 is 11.3 Å². The lowest BCUT2D eigenvalue weighted by atomic mass is 10.2. The summed E-state index contributed by atoms with van der Waals surface area (Å²) in [5, 5.41) is 12.1. The topological polar surface area (TPSA) is 47.3 Å². The maximum atomic E-state index is 13.5. The van der Waals surface area contributed by atoms with E-state index in [9.17, 15) is 9.50 Å². The number of rotatable bonds is 7. The zero-order chi connectivity index (χ0) is 16.1. The first-order chi connectivity index (χ1) is 11.2. The molecular weight excluding hydrogens is 315 g/mol. The van der Waals surface area contributed by atoms with E-state index in [4.69, 9.17) is 4.74 Å². The molecule has 2 aromatic heterocycles. The highest BCUT2D eigenvalue weighted by molar-refractivity contribution is 7.13. The molecule has 0 bridgehead atoms. The molecule has 4 nitrogen and oxygen atoms in total. The van der Waals surface area contributed by atoms with E-state index in [0.29, 0.717) is 12.1 Å². The number of aromatic nitrogens is 2. The summed E-state index contributed by atoms with van der Waals surface area (Å²) < 4.78 is 20.8. The fourth-order valence-electron chi connectivity index (χ4n) is 2.29. The molecule has 0 unspecified atom stereocenters. The molecule has 3 rings (SSSR count). The van der Waals surface area contributed by atoms with E-state index in [0.717, 1.165) is 10.7 Å². The maximum absolute atomic E-state index is 13.5. The van der Waals surface area contributed by atoms with Crippen molar-refractivity contribution in [2.24, 2.45) is 0 Å². The number of nitrogens with zero attached hydrogens (tertiary/aromatic N) is 2. The van der Waals surface area contributed by atoms with Gasteiger partial charge in [-0.2, -0.15) is 0 Å². The van der Waals surface area contributed by atoms with Crippen molar-refractivity contribution in [1.29, 1.82) is 0 Å². The van der Waals surface area contributed by atoms with Crippen molar-refractivity contribution in [1.82, 2.24) is 9.55 Å². The van der Waals surface area contributed by atoms with Crippen LogP contribution in [0, 0.1) is 5.82 Å². The molecule has 0 aliphatic rings. The zero-order valence-electron chi connectivity index (χ0n) is 12.4. The van der Waals surface area contributed by atoms with Crippen LogP contribution in [0.1, 0.15) is 5.56 Å². The molecule has 120 valence electrons. The Morgan fingerprint density at radius 3 is 2.91 bits per heavy atom. The molecule has 0 amide bonds. The van der Waals surface area contributed by atoms with Crippen molar-refractivity contribution < 1.29 is 14.2 Å². The lowest BCUT2D eigenvalue weighted by Crippen LogP contribution is -2.22. The average Bonchev–Trinajstić information content (AvgIpc) is 3.20. The first-order valence-corrected chi connectivity index (χ1v) is 8.16. The van der Waals surface area contributed by atoms with E-state index in [2.05, 4.69) is 4.98 Å². The third kappa shape index (κ3) is 4.04. The van der Waals surface area contributed by atoms with E-state index >= 15 is 0 Å². The second kappa shape index (κ2) is 7.50. The number of thiophene rings is 1. The second-order valence-corrected chi connectivity index (χ2v) is 6.09. The van der Waals surface area contributed by atoms with Crippen LogP contribution < -0.4 is 0 Å². The molecule has 23 heavy (non-hydrogen) atoms. The van der Waals surface area contributed by atoms with Gasteiger partial charge in [-0.25, -0.2) is 9.37 Å². The Kier molecular flexibility index (Phi) is 5.17.